The summed E-state index contributed by atoms with van der Waals surface area (Å²) in [7, 11) is 0. The van der Waals surface area contributed by atoms with Gasteiger partial charge in [0.15, 0.2) is 6.10 Å². The smallest absolute Gasteiger partial charge is 0.306 e. The van der Waals surface area contributed by atoms with Crippen LogP contribution >= 0.6 is 0 Å². The van der Waals surface area contributed by atoms with E-state index in [1.807, 2.05) is 0 Å². The number of carbonyl (C=O) groups is 3. The minimum Gasteiger partial charge on any atom is -0.462 e. The normalized spacial score (nSPS) is 12.8. The largest absolute Gasteiger partial charge is 0.462 e. The van der Waals surface area contributed by atoms with Crippen LogP contribution in [-0.4, -0.2) is 37.2 Å². The molecule has 0 saturated heterocycles. The van der Waals surface area contributed by atoms with E-state index >= 15 is 0 Å². The summed E-state index contributed by atoms with van der Waals surface area (Å²) in [6.07, 6.45) is 72.5. The van der Waals surface area contributed by atoms with E-state index in [2.05, 4.69) is 118 Å². The molecular formula is C61H102O6. The van der Waals surface area contributed by atoms with Gasteiger partial charge in [0.1, 0.15) is 13.2 Å². The lowest BCUT2D eigenvalue weighted by molar-refractivity contribution is -0.167. The van der Waals surface area contributed by atoms with E-state index in [-0.39, 0.29) is 31.1 Å². The second-order valence-corrected chi connectivity index (χ2v) is 18.1. The molecule has 382 valence electrons. The maximum Gasteiger partial charge on any atom is 0.306 e. The molecule has 0 aliphatic heterocycles. The van der Waals surface area contributed by atoms with Crippen LogP contribution in [0.25, 0.3) is 0 Å². The van der Waals surface area contributed by atoms with Crippen molar-refractivity contribution in [2.75, 3.05) is 13.2 Å². The van der Waals surface area contributed by atoms with Crippen molar-refractivity contribution in [2.24, 2.45) is 0 Å². The van der Waals surface area contributed by atoms with Gasteiger partial charge < -0.3 is 14.2 Å². The second-order valence-electron chi connectivity index (χ2n) is 18.1. The van der Waals surface area contributed by atoms with Crippen molar-refractivity contribution >= 4 is 17.9 Å². The van der Waals surface area contributed by atoms with Crippen LogP contribution in [0.4, 0.5) is 0 Å². The monoisotopic (exact) mass is 931 g/mol. The molecule has 0 radical (unpaired) electrons. The lowest BCUT2D eigenvalue weighted by Crippen LogP contribution is -2.30. The zero-order chi connectivity index (χ0) is 48.6. The molecule has 0 rings (SSSR count). The molecule has 1 unspecified atom stereocenters. The molecule has 1 atom stereocenters. The highest BCUT2D eigenvalue weighted by Gasteiger charge is 2.19. The molecule has 0 spiro atoms. The van der Waals surface area contributed by atoms with Gasteiger partial charge in [-0.15, -0.1) is 0 Å². The summed E-state index contributed by atoms with van der Waals surface area (Å²) in [6, 6.07) is 0. The fourth-order valence-corrected chi connectivity index (χ4v) is 7.38. The Morgan fingerprint density at radius 3 is 0.970 bits per heavy atom. The van der Waals surface area contributed by atoms with Crippen molar-refractivity contribution in [2.45, 2.75) is 258 Å². The third-order valence-corrected chi connectivity index (χ3v) is 11.5. The summed E-state index contributed by atoms with van der Waals surface area (Å²) in [5.74, 6) is -0.940. The number of carbonyl (C=O) groups excluding carboxylic acids is 3. The Bertz CT molecular complexity index is 1350. The molecule has 0 aliphatic carbocycles. The zero-order valence-corrected chi connectivity index (χ0v) is 43.6. The van der Waals surface area contributed by atoms with Gasteiger partial charge in [-0.1, -0.05) is 214 Å². The molecule has 67 heavy (non-hydrogen) atoms. The SMILES string of the molecule is CC/C=C\C/C=C\C/C=C\CCCCCCCC(=O)OC(COC(=O)CCCCCCC/C=C\C/C=C\CCC)COC(=O)CCCCCCCC/C=C\C/C=C\C/C=C\CCCCCCC. The summed E-state index contributed by atoms with van der Waals surface area (Å²) in [5, 5.41) is 0. The van der Waals surface area contributed by atoms with E-state index < -0.39 is 6.10 Å². The Kier molecular flexibility index (Phi) is 51.9. The van der Waals surface area contributed by atoms with E-state index in [1.165, 1.54) is 64.2 Å². The highest BCUT2D eigenvalue weighted by molar-refractivity contribution is 5.71. The molecule has 0 bridgehead atoms. The number of esters is 3. The topological polar surface area (TPSA) is 78.9 Å². The molecule has 0 heterocycles. The molecule has 0 N–H and O–H groups in total. The van der Waals surface area contributed by atoms with Crippen molar-refractivity contribution in [1.82, 2.24) is 0 Å². The Morgan fingerprint density at radius 1 is 0.313 bits per heavy atom. The van der Waals surface area contributed by atoms with E-state index in [9.17, 15) is 14.4 Å². The van der Waals surface area contributed by atoms with Gasteiger partial charge in [-0.2, -0.15) is 0 Å². The molecule has 0 aromatic heterocycles. The third kappa shape index (κ3) is 53.2. The first-order chi connectivity index (χ1) is 33.0. The Labute approximate surface area is 413 Å². The van der Waals surface area contributed by atoms with Crippen LogP contribution in [0.15, 0.2) is 97.2 Å². The van der Waals surface area contributed by atoms with Gasteiger partial charge in [0.05, 0.1) is 0 Å². The van der Waals surface area contributed by atoms with Gasteiger partial charge in [-0.3, -0.25) is 14.4 Å². The zero-order valence-electron chi connectivity index (χ0n) is 43.6. The standard InChI is InChI=1S/C61H102O6/c1-4-7-10-13-16-19-22-25-27-28-29-30-31-32-34-36-39-42-45-48-51-54-60(63)66-57-58(56-65-59(62)53-50-47-44-41-38-35-24-21-18-15-12-9-6-3)67-61(64)55-52-49-46-43-40-37-33-26-23-20-17-14-11-8-5-2/h8,11-12,15,17,20-22,24-26,28-29,31-33,58H,4-7,9-10,13-14,16,18-19,23,27,30,34-57H2,1-3H3/b11-8-,15-12-,20-17-,24-21-,25-22-,29-28-,32-31-,33-26-. The summed E-state index contributed by atoms with van der Waals surface area (Å²) >= 11 is 0. The maximum atomic E-state index is 12.8. The number of ether oxygens (including phenoxy) is 3. The molecule has 0 aliphatic rings. The van der Waals surface area contributed by atoms with E-state index in [0.29, 0.717) is 19.3 Å². The Morgan fingerprint density at radius 2 is 0.612 bits per heavy atom. The first-order valence-electron chi connectivity index (χ1n) is 27.7. The van der Waals surface area contributed by atoms with E-state index in [0.717, 1.165) is 148 Å². The Hall–Kier alpha value is -3.67. The van der Waals surface area contributed by atoms with E-state index in [4.69, 9.17) is 14.2 Å². The number of hydrogen-bond donors (Lipinski definition) is 0. The maximum absolute atomic E-state index is 12.8. The van der Waals surface area contributed by atoms with Crippen molar-refractivity contribution in [3.05, 3.63) is 97.2 Å². The van der Waals surface area contributed by atoms with Crippen LogP contribution < -0.4 is 0 Å². The molecular weight excluding hydrogens is 829 g/mol. The minimum atomic E-state index is -0.799. The van der Waals surface area contributed by atoms with Crippen molar-refractivity contribution in [3.63, 3.8) is 0 Å². The number of hydrogen-bond acceptors (Lipinski definition) is 6. The van der Waals surface area contributed by atoms with Crippen LogP contribution in [0.2, 0.25) is 0 Å². The summed E-state index contributed by atoms with van der Waals surface area (Å²) in [5.41, 5.74) is 0. The number of unbranched alkanes of at least 4 members (excludes halogenated alkanes) is 22. The van der Waals surface area contributed by atoms with Gasteiger partial charge in [-0.25, -0.2) is 0 Å². The lowest BCUT2D eigenvalue weighted by Gasteiger charge is -2.18. The number of rotatable bonds is 49. The molecule has 0 aromatic rings. The van der Waals surface area contributed by atoms with Gasteiger partial charge in [-0.05, 0) is 116 Å². The first kappa shape index (κ1) is 63.3. The van der Waals surface area contributed by atoms with Gasteiger partial charge in [0.25, 0.3) is 0 Å². The summed E-state index contributed by atoms with van der Waals surface area (Å²) in [6.45, 7) is 6.41. The Balaban J connectivity index is 4.42. The van der Waals surface area contributed by atoms with Crippen LogP contribution in [0.3, 0.4) is 0 Å². The number of allylic oxidation sites excluding steroid dienone is 16. The third-order valence-electron chi connectivity index (χ3n) is 11.5. The molecule has 6 nitrogen and oxygen atoms in total. The fraction of sp³-hybridized carbons (Fsp3) is 0.689. The lowest BCUT2D eigenvalue weighted by atomic mass is 10.1. The summed E-state index contributed by atoms with van der Waals surface area (Å²) in [4.78, 5) is 38.1. The van der Waals surface area contributed by atoms with Crippen LogP contribution in [0, 0.1) is 0 Å². The highest BCUT2D eigenvalue weighted by atomic mass is 16.6. The van der Waals surface area contributed by atoms with Crippen molar-refractivity contribution < 1.29 is 28.6 Å². The molecule has 6 heteroatoms. The minimum absolute atomic E-state index is 0.0971. The van der Waals surface area contributed by atoms with Crippen LogP contribution in [0.1, 0.15) is 252 Å². The quantitative estimate of drug-likeness (QED) is 0.0262. The molecule has 0 fully saturated rings. The van der Waals surface area contributed by atoms with Gasteiger partial charge >= 0.3 is 17.9 Å². The highest BCUT2D eigenvalue weighted by Crippen LogP contribution is 2.14. The molecule has 0 aromatic carbocycles. The average Bonchev–Trinajstić information content (AvgIpc) is 3.33. The second kappa shape index (κ2) is 54.9. The summed E-state index contributed by atoms with van der Waals surface area (Å²) < 4.78 is 16.8. The van der Waals surface area contributed by atoms with Crippen molar-refractivity contribution in [1.29, 1.82) is 0 Å². The molecule has 0 saturated carbocycles. The van der Waals surface area contributed by atoms with Crippen LogP contribution in [-0.2, 0) is 28.6 Å². The predicted octanol–water partition coefficient (Wildman–Crippen LogP) is 18.5. The predicted molar refractivity (Wildman–Crippen MR) is 288 cm³/mol. The van der Waals surface area contributed by atoms with Crippen LogP contribution in [0.5, 0.6) is 0 Å². The van der Waals surface area contributed by atoms with Gasteiger partial charge in [0, 0.05) is 19.3 Å². The van der Waals surface area contributed by atoms with Gasteiger partial charge in [0.2, 0.25) is 0 Å². The first-order valence-corrected chi connectivity index (χ1v) is 27.7. The van der Waals surface area contributed by atoms with Crippen molar-refractivity contribution in [3.8, 4) is 0 Å². The fourth-order valence-electron chi connectivity index (χ4n) is 7.38. The van der Waals surface area contributed by atoms with E-state index in [1.54, 1.807) is 0 Å². The average molecular weight is 931 g/mol. The molecule has 0 amide bonds.